The SMILES string of the molecule is C=Cc1ccncc1.CC(=O)C(C)(C)CC(Cl)c1ccncc1.CC(=O)C(C)(C)C[CH-]c1cc[n+]([O-])cc1.CO.[Y]. The van der Waals surface area contributed by atoms with E-state index in [2.05, 4.69) is 16.5 Å². The van der Waals surface area contributed by atoms with Gasteiger partial charge in [-0.1, -0.05) is 58.9 Å². The Balaban J connectivity index is 0. The Morgan fingerprint density at radius 2 is 1.39 bits per heavy atom. The number of hydrogen-bond acceptors (Lipinski definition) is 6. The molecule has 0 saturated carbocycles. The van der Waals surface area contributed by atoms with E-state index in [9.17, 15) is 14.8 Å². The van der Waals surface area contributed by atoms with Crippen molar-refractivity contribution in [2.24, 2.45) is 10.8 Å². The Labute approximate surface area is 275 Å². The van der Waals surface area contributed by atoms with Gasteiger partial charge in [-0.3, -0.25) is 19.6 Å². The van der Waals surface area contributed by atoms with E-state index in [4.69, 9.17) is 16.7 Å². The number of halogens is 1. The zero-order valence-electron chi connectivity index (χ0n) is 25.3. The smallest absolute Gasteiger partial charge is 0.135 e. The van der Waals surface area contributed by atoms with E-state index in [0.717, 1.165) is 28.5 Å². The van der Waals surface area contributed by atoms with Gasteiger partial charge in [-0.05, 0) is 55.7 Å². The number of Topliss-reactive ketones (excluding diaryl/α,β-unsaturated/α-hetero) is 2. The van der Waals surface area contributed by atoms with Gasteiger partial charge in [0.15, 0.2) is 0 Å². The molecule has 1 atom stereocenters. The minimum atomic E-state index is -0.365. The maximum absolute atomic E-state index is 11.4. The number of ketones is 2. The Morgan fingerprint density at radius 1 is 0.951 bits per heavy atom. The summed E-state index contributed by atoms with van der Waals surface area (Å²) in [5.41, 5.74) is 2.40. The summed E-state index contributed by atoms with van der Waals surface area (Å²) in [7, 11) is 1.00. The van der Waals surface area contributed by atoms with Crippen LogP contribution in [-0.4, -0.2) is 33.8 Å². The van der Waals surface area contributed by atoms with Crippen LogP contribution in [0.15, 0.2) is 80.2 Å². The first-order valence-electron chi connectivity index (χ1n) is 12.8. The van der Waals surface area contributed by atoms with Crippen LogP contribution in [0.2, 0.25) is 0 Å². The molecule has 3 rings (SSSR count). The van der Waals surface area contributed by atoms with Crippen molar-refractivity contribution in [2.45, 2.75) is 59.8 Å². The maximum Gasteiger partial charge on any atom is 0.135 e. The number of aliphatic hydroxyl groups is 1. The summed E-state index contributed by atoms with van der Waals surface area (Å²) in [5.74, 6) is 0.343. The van der Waals surface area contributed by atoms with Crippen LogP contribution < -0.4 is 4.73 Å². The maximum atomic E-state index is 11.4. The van der Waals surface area contributed by atoms with Gasteiger partial charge in [0.05, 0.1) is 5.38 Å². The van der Waals surface area contributed by atoms with Gasteiger partial charge in [0.1, 0.15) is 24.0 Å². The minimum Gasteiger partial charge on any atom is -0.620 e. The summed E-state index contributed by atoms with van der Waals surface area (Å²) in [6.45, 7) is 14.5. The van der Waals surface area contributed by atoms with Crippen molar-refractivity contribution in [3.8, 4) is 0 Å². The van der Waals surface area contributed by atoms with Crippen LogP contribution in [0.4, 0.5) is 0 Å². The summed E-state index contributed by atoms with van der Waals surface area (Å²) >= 11 is 6.25. The van der Waals surface area contributed by atoms with Gasteiger partial charge in [-0.15, -0.1) is 11.6 Å². The van der Waals surface area contributed by atoms with Gasteiger partial charge >= 0.3 is 0 Å². The van der Waals surface area contributed by atoms with Crippen molar-refractivity contribution < 1.29 is 52.1 Å². The molecule has 0 saturated heterocycles. The van der Waals surface area contributed by atoms with Crippen molar-refractivity contribution in [2.75, 3.05) is 7.11 Å². The molecule has 0 aromatic carbocycles. The molecule has 1 radical (unpaired) electrons. The Morgan fingerprint density at radius 3 is 1.78 bits per heavy atom. The van der Waals surface area contributed by atoms with Gasteiger partial charge in [-0.2, -0.15) is 12.0 Å². The molecule has 1 unspecified atom stereocenters. The molecule has 0 aliphatic heterocycles. The molecule has 0 aliphatic carbocycles. The molecule has 0 spiro atoms. The minimum absolute atomic E-state index is 0. The summed E-state index contributed by atoms with van der Waals surface area (Å²) in [5, 5.41) is 17.6. The molecule has 0 aliphatic rings. The average Bonchev–Trinajstić information content (AvgIpc) is 2.95. The standard InChI is InChI=1S/C12H16ClNO.C12H16NO2.C7H7N.CH4O.Y/c1-9(15)12(2,3)8-11(13)10-4-6-14-7-5-10;1-10(14)12(2,3)7-4-11-5-8-13(15)9-6-11;1-2-7-3-5-8-6-4-7;1-2;/h4-7,11H,8H2,1-3H3;4-6,8-9H,7H2,1-3H3;2-6H,1H2;2H,1H3;/q;-1;;;. The fraction of sp³-hybridized carbons (Fsp3) is 0.375. The summed E-state index contributed by atoms with van der Waals surface area (Å²) in [6, 6.07) is 11.1. The van der Waals surface area contributed by atoms with Gasteiger partial charge in [-0.25, -0.2) is 4.73 Å². The van der Waals surface area contributed by atoms with E-state index >= 15 is 0 Å². The van der Waals surface area contributed by atoms with Crippen molar-refractivity contribution in [3.05, 3.63) is 108 Å². The van der Waals surface area contributed by atoms with E-state index in [1.165, 1.54) is 12.4 Å². The second kappa shape index (κ2) is 21.3. The first kappa shape index (κ1) is 40.7. The molecular weight excluding hydrogens is 615 g/mol. The summed E-state index contributed by atoms with van der Waals surface area (Å²) < 4.78 is 0.744. The predicted molar refractivity (Wildman–Crippen MR) is 162 cm³/mol. The van der Waals surface area contributed by atoms with E-state index < -0.39 is 0 Å². The zero-order valence-corrected chi connectivity index (χ0v) is 28.8. The van der Waals surface area contributed by atoms with Gasteiger partial charge in [0, 0.05) is 75.4 Å². The van der Waals surface area contributed by atoms with Crippen LogP contribution in [-0.2, 0) is 42.3 Å². The van der Waals surface area contributed by atoms with Crippen molar-refractivity contribution in [3.63, 3.8) is 0 Å². The third-order valence-electron chi connectivity index (χ3n) is 6.28. The molecule has 1 N–H and O–H groups in total. The molecule has 0 fully saturated rings. The van der Waals surface area contributed by atoms with Gasteiger partial charge in [0.2, 0.25) is 0 Å². The molecule has 3 aromatic rings. The zero-order chi connectivity index (χ0) is 30.8. The largest absolute Gasteiger partial charge is 0.620 e. The molecule has 3 aromatic heterocycles. The summed E-state index contributed by atoms with van der Waals surface area (Å²) in [4.78, 5) is 30.4. The average molecular weight is 658 g/mol. The van der Waals surface area contributed by atoms with Crippen LogP contribution in [0.5, 0.6) is 0 Å². The van der Waals surface area contributed by atoms with Crippen LogP contribution in [0.1, 0.15) is 76.5 Å². The van der Waals surface area contributed by atoms with Crippen LogP contribution in [0.25, 0.3) is 6.08 Å². The fourth-order valence-electron chi connectivity index (χ4n) is 2.86. The molecule has 41 heavy (non-hydrogen) atoms. The Hall–Kier alpha value is -2.45. The normalized spacial score (nSPS) is 10.9. The van der Waals surface area contributed by atoms with Crippen molar-refractivity contribution in [1.29, 1.82) is 0 Å². The molecule has 0 bridgehead atoms. The van der Waals surface area contributed by atoms with Crippen LogP contribution in [0, 0.1) is 22.5 Å². The number of carbonyl (C=O) groups excluding carboxylic acids is 2. The number of aromatic nitrogens is 3. The molecule has 221 valence electrons. The Bertz CT molecular complexity index is 1140. The van der Waals surface area contributed by atoms with Crippen molar-refractivity contribution >= 4 is 29.2 Å². The molecule has 0 amide bonds. The number of aliphatic hydroxyl groups excluding tert-OH is 1. The van der Waals surface area contributed by atoms with Crippen LogP contribution >= 0.6 is 11.6 Å². The van der Waals surface area contributed by atoms with Crippen LogP contribution in [0.3, 0.4) is 0 Å². The summed E-state index contributed by atoms with van der Waals surface area (Å²) in [6.07, 6.45) is 14.9. The number of carbonyl (C=O) groups is 2. The second-order valence-electron chi connectivity index (χ2n) is 10.2. The first-order valence-corrected chi connectivity index (χ1v) is 13.3. The molecule has 3 heterocycles. The number of pyridine rings is 3. The monoisotopic (exact) mass is 657 g/mol. The quantitative estimate of drug-likeness (QED) is 0.121. The van der Waals surface area contributed by atoms with E-state index in [1.807, 2.05) is 58.4 Å². The van der Waals surface area contributed by atoms with E-state index in [1.54, 1.807) is 56.8 Å². The van der Waals surface area contributed by atoms with E-state index in [0.29, 0.717) is 12.8 Å². The number of alkyl halides is 1. The molecule has 9 heteroatoms. The third kappa shape index (κ3) is 17.2. The number of rotatable bonds is 9. The predicted octanol–water partition coefficient (Wildman–Crippen LogP) is 6.58. The van der Waals surface area contributed by atoms with Gasteiger partial charge in [0.25, 0.3) is 0 Å². The first-order chi connectivity index (χ1) is 18.8. The fourth-order valence-corrected chi connectivity index (χ4v) is 3.39. The topological polar surface area (TPSA) is 107 Å². The molecule has 7 nitrogen and oxygen atoms in total. The third-order valence-corrected chi connectivity index (χ3v) is 6.69. The second-order valence-corrected chi connectivity index (χ2v) is 10.7. The molecular formula is C32H43ClN3O4Y-. The van der Waals surface area contributed by atoms with Crippen molar-refractivity contribution in [1.82, 2.24) is 9.97 Å². The number of nitrogens with zero attached hydrogens (tertiary/aromatic N) is 3. The van der Waals surface area contributed by atoms with E-state index in [-0.39, 0.29) is 60.5 Å². The Kier molecular flexibility index (Phi) is 21.1. The number of hydrogen-bond donors (Lipinski definition) is 1. The van der Waals surface area contributed by atoms with Gasteiger partial charge < -0.3 is 10.3 Å².